The average molecular weight is 271 g/mol. The molecule has 1 heterocycles. The van der Waals surface area contributed by atoms with Crippen molar-refractivity contribution >= 4 is 5.97 Å². The fraction of sp³-hybridized carbons (Fsp3) is 0.786. The Labute approximate surface area is 115 Å². The molecule has 1 saturated heterocycles. The van der Waals surface area contributed by atoms with E-state index < -0.39 is 0 Å². The third kappa shape index (κ3) is 5.72. The molecule has 0 aromatic carbocycles. The summed E-state index contributed by atoms with van der Waals surface area (Å²) < 4.78 is 10.3. The minimum absolute atomic E-state index is 0.166. The van der Waals surface area contributed by atoms with Gasteiger partial charge in [0.25, 0.3) is 0 Å². The molecule has 0 aromatic heterocycles. The van der Waals surface area contributed by atoms with E-state index in [-0.39, 0.29) is 18.5 Å². The number of aliphatic hydroxyl groups excluding tert-OH is 1. The van der Waals surface area contributed by atoms with Gasteiger partial charge in [-0.15, -0.1) is 0 Å². The van der Waals surface area contributed by atoms with Gasteiger partial charge in [0.15, 0.2) is 0 Å². The normalized spacial score (nSPS) is 18.0. The van der Waals surface area contributed by atoms with E-state index in [1.807, 2.05) is 0 Å². The van der Waals surface area contributed by atoms with E-state index in [4.69, 9.17) is 14.6 Å². The molecule has 110 valence electrons. The van der Waals surface area contributed by atoms with Crippen LogP contribution >= 0.6 is 0 Å². The zero-order valence-corrected chi connectivity index (χ0v) is 11.8. The van der Waals surface area contributed by atoms with Crippen LogP contribution in [0.25, 0.3) is 0 Å². The third-order valence-corrected chi connectivity index (χ3v) is 3.34. The van der Waals surface area contributed by atoms with E-state index in [9.17, 15) is 4.79 Å². The predicted octanol–water partition coefficient (Wildman–Crippen LogP) is 0.827. The number of nitrogens with zero attached hydrogens (tertiary/aromatic N) is 1. The van der Waals surface area contributed by atoms with Crippen LogP contribution in [-0.4, -0.2) is 62.0 Å². The van der Waals surface area contributed by atoms with Crippen molar-refractivity contribution in [2.24, 2.45) is 5.92 Å². The molecule has 0 amide bonds. The molecule has 1 aliphatic heterocycles. The zero-order chi connectivity index (χ0) is 14.1. The molecule has 0 unspecified atom stereocenters. The maximum absolute atomic E-state index is 11.8. The Bertz CT molecular complexity index is 287. The monoisotopic (exact) mass is 271 g/mol. The van der Waals surface area contributed by atoms with Crippen molar-refractivity contribution < 1.29 is 19.4 Å². The lowest BCUT2D eigenvalue weighted by atomic mass is 9.95. The first-order valence-corrected chi connectivity index (χ1v) is 6.94. The number of morpholine rings is 1. The highest BCUT2D eigenvalue weighted by Crippen LogP contribution is 2.18. The van der Waals surface area contributed by atoms with Crippen LogP contribution < -0.4 is 0 Å². The van der Waals surface area contributed by atoms with Crippen molar-refractivity contribution in [1.82, 2.24) is 4.90 Å². The highest BCUT2D eigenvalue weighted by molar-refractivity contribution is 5.75. The summed E-state index contributed by atoms with van der Waals surface area (Å²) in [6, 6.07) is 0. The first-order chi connectivity index (χ1) is 9.19. The summed E-state index contributed by atoms with van der Waals surface area (Å²) in [4.78, 5) is 14.1. The second kappa shape index (κ2) is 9.07. The highest BCUT2D eigenvalue weighted by Gasteiger charge is 2.22. The fourth-order valence-electron chi connectivity index (χ4n) is 2.19. The van der Waals surface area contributed by atoms with Crippen LogP contribution in [-0.2, 0) is 14.3 Å². The third-order valence-electron chi connectivity index (χ3n) is 3.34. The van der Waals surface area contributed by atoms with Crippen LogP contribution in [0.5, 0.6) is 0 Å². The van der Waals surface area contributed by atoms with Crippen molar-refractivity contribution in [3.8, 4) is 0 Å². The second-order valence-corrected chi connectivity index (χ2v) is 4.72. The van der Waals surface area contributed by atoms with Crippen molar-refractivity contribution in [1.29, 1.82) is 0 Å². The summed E-state index contributed by atoms with van der Waals surface area (Å²) in [6.07, 6.45) is 1.57. The average Bonchev–Trinajstić information content (AvgIpc) is 2.44. The quantitative estimate of drug-likeness (QED) is 0.523. The number of hydrogen-bond acceptors (Lipinski definition) is 5. The van der Waals surface area contributed by atoms with E-state index in [1.165, 1.54) is 0 Å². The van der Waals surface area contributed by atoms with Crippen molar-refractivity contribution in [3.05, 3.63) is 12.2 Å². The van der Waals surface area contributed by atoms with Gasteiger partial charge in [0.2, 0.25) is 0 Å². The van der Waals surface area contributed by atoms with Crippen molar-refractivity contribution in [2.75, 3.05) is 46.1 Å². The Balaban J connectivity index is 2.35. The van der Waals surface area contributed by atoms with Crippen LogP contribution in [0.1, 0.15) is 19.8 Å². The molecule has 0 radical (unpaired) electrons. The van der Waals surface area contributed by atoms with Gasteiger partial charge in [-0.25, -0.2) is 0 Å². The molecule has 0 saturated carbocycles. The van der Waals surface area contributed by atoms with E-state index in [2.05, 4.69) is 11.5 Å². The second-order valence-electron chi connectivity index (χ2n) is 4.72. The number of carbonyl (C=O) groups is 1. The smallest absolute Gasteiger partial charge is 0.313 e. The molecule has 5 nitrogen and oxygen atoms in total. The van der Waals surface area contributed by atoms with Gasteiger partial charge in [0.05, 0.1) is 32.3 Å². The molecular weight excluding hydrogens is 246 g/mol. The standard InChI is InChI=1S/C14H25NO4/c1-3-19-14(17)13(12(2)11-16)5-4-6-15-7-9-18-10-8-15/h13,16H,2-11H2,1H3/t13-/m1/s1. The van der Waals surface area contributed by atoms with Gasteiger partial charge >= 0.3 is 5.97 Å². The Hall–Kier alpha value is -0.910. The summed E-state index contributed by atoms with van der Waals surface area (Å²) >= 11 is 0. The molecule has 0 aliphatic carbocycles. The van der Waals surface area contributed by atoms with Gasteiger partial charge in [-0.1, -0.05) is 6.58 Å². The zero-order valence-electron chi connectivity index (χ0n) is 11.8. The number of esters is 1. The first-order valence-electron chi connectivity index (χ1n) is 6.94. The Morgan fingerprint density at radius 2 is 2.16 bits per heavy atom. The molecular formula is C14H25NO4. The largest absolute Gasteiger partial charge is 0.466 e. The Kier molecular flexibility index (Phi) is 7.70. The molecule has 0 spiro atoms. The van der Waals surface area contributed by atoms with Crippen LogP contribution in [0.15, 0.2) is 12.2 Å². The van der Waals surface area contributed by atoms with Gasteiger partial charge in [0, 0.05) is 13.1 Å². The summed E-state index contributed by atoms with van der Waals surface area (Å²) in [6.45, 7) is 10.1. The number of ether oxygens (including phenoxy) is 2. The lowest BCUT2D eigenvalue weighted by Gasteiger charge is -2.27. The van der Waals surface area contributed by atoms with Gasteiger partial charge in [0.1, 0.15) is 0 Å². The van der Waals surface area contributed by atoms with E-state index in [0.29, 0.717) is 18.6 Å². The molecule has 1 fully saturated rings. The number of carbonyl (C=O) groups excluding carboxylic acids is 1. The van der Waals surface area contributed by atoms with Crippen molar-refractivity contribution in [2.45, 2.75) is 19.8 Å². The fourth-order valence-corrected chi connectivity index (χ4v) is 2.19. The summed E-state index contributed by atoms with van der Waals surface area (Å²) in [5.74, 6) is -0.658. The lowest BCUT2D eigenvalue weighted by Crippen LogP contribution is -2.37. The molecule has 1 aliphatic rings. The van der Waals surface area contributed by atoms with E-state index >= 15 is 0 Å². The highest BCUT2D eigenvalue weighted by atomic mass is 16.5. The number of rotatable bonds is 8. The van der Waals surface area contributed by atoms with E-state index in [0.717, 1.165) is 39.3 Å². The van der Waals surface area contributed by atoms with Crippen molar-refractivity contribution in [3.63, 3.8) is 0 Å². The topological polar surface area (TPSA) is 59.0 Å². The maximum Gasteiger partial charge on any atom is 0.313 e. The Morgan fingerprint density at radius 1 is 1.47 bits per heavy atom. The van der Waals surface area contributed by atoms with Gasteiger partial charge in [-0.2, -0.15) is 0 Å². The van der Waals surface area contributed by atoms with Gasteiger partial charge < -0.3 is 14.6 Å². The number of hydrogen-bond donors (Lipinski definition) is 1. The minimum atomic E-state index is -0.383. The minimum Gasteiger partial charge on any atom is -0.466 e. The summed E-state index contributed by atoms with van der Waals surface area (Å²) in [5, 5.41) is 9.14. The maximum atomic E-state index is 11.8. The van der Waals surface area contributed by atoms with Crippen LogP contribution in [0.2, 0.25) is 0 Å². The predicted molar refractivity (Wildman–Crippen MR) is 72.8 cm³/mol. The molecule has 0 aromatic rings. The van der Waals surface area contributed by atoms with Crippen LogP contribution in [0.4, 0.5) is 0 Å². The van der Waals surface area contributed by atoms with Gasteiger partial charge in [-0.3, -0.25) is 9.69 Å². The van der Waals surface area contributed by atoms with Gasteiger partial charge in [-0.05, 0) is 31.9 Å². The summed E-state index contributed by atoms with van der Waals surface area (Å²) in [7, 11) is 0. The van der Waals surface area contributed by atoms with Crippen LogP contribution in [0, 0.1) is 5.92 Å². The molecule has 1 rings (SSSR count). The summed E-state index contributed by atoms with van der Waals surface area (Å²) in [5.41, 5.74) is 0.542. The molecule has 1 N–H and O–H groups in total. The van der Waals surface area contributed by atoms with Crippen LogP contribution in [0.3, 0.4) is 0 Å². The lowest BCUT2D eigenvalue weighted by molar-refractivity contribution is -0.147. The molecule has 5 heteroatoms. The molecule has 0 bridgehead atoms. The first kappa shape index (κ1) is 16.1. The molecule has 1 atom stereocenters. The SMILES string of the molecule is C=C(CO)[C@@H](CCCN1CCOCC1)C(=O)OCC. The van der Waals surface area contributed by atoms with E-state index in [1.54, 1.807) is 6.92 Å². The Morgan fingerprint density at radius 3 is 2.74 bits per heavy atom. The number of aliphatic hydroxyl groups is 1. The molecule has 19 heavy (non-hydrogen) atoms.